The summed E-state index contributed by atoms with van der Waals surface area (Å²) in [6.07, 6.45) is 5.57. The molecule has 2 N–H and O–H groups in total. The average molecular weight is 391 g/mol. The highest BCUT2D eigenvalue weighted by atomic mass is 32.2. The van der Waals surface area contributed by atoms with E-state index in [0.717, 1.165) is 37.2 Å². The van der Waals surface area contributed by atoms with Crippen LogP contribution in [0, 0.1) is 30.0 Å². The van der Waals surface area contributed by atoms with Gasteiger partial charge in [-0.05, 0) is 61.6 Å². The van der Waals surface area contributed by atoms with E-state index in [2.05, 4.69) is 10.6 Å². The Kier molecular flexibility index (Phi) is 5.19. The molecule has 2 atom stereocenters. The first-order chi connectivity index (χ1) is 13.0. The summed E-state index contributed by atoms with van der Waals surface area (Å²) >= 11 is 1.80. The van der Waals surface area contributed by atoms with Crippen molar-refractivity contribution in [2.24, 2.45) is 17.3 Å². The maximum Gasteiger partial charge on any atom is 0.251 e. The Morgan fingerprint density at radius 3 is 2.67 bits per heavy atom. The summed E-state index contributed by atoms with van der Waals surface area (Å²) in [5, 5.41) is 6.34. The largest absolute Gasteiger partial charge is 0.355 e. The fourth-order valence-corrected chi connectivity index (χ4v) is 5.59. The molecule has 3 fully saturated rings. The molecule has 2 unspecified atom stereocenters. The number of nitrogens with one attached hydrogen (secondary N) is 2. The lowest BCUT2D eigenvalue weighted by Crippen LogP contribution is -2.53. The molecule has 2 aliphatic carbocycles. The number of carbonyl (C=O) groups excluding carboxylic acids is 2. The van der Waals surface area contributed by atoms with Crippen LogP contribution in [0.3, 0.4) is 0 Å². The molecule has 3 aliphatic rings. The second-order valence-electron chi connectivity index (χ2n) is 8.36. The van der Waals surface area contributed by atoms with Gasteiger partial charge in [-0.1, -0.05) is 12.5 Å². The summed E-state index contributed by atoms with van der Waals surface area (Å²) < 4.78 is 13.9. The Balaban J connectivity index is 1.45. The van der Waals surface area contributed by atoms with Crippen molar-refractivity contribution in [2.45, 2.75) is 45.1 Å². The summed E-state index contributed by atoms with van der Waals surface area (Å²) in [4.78, 5) is 25.1. The van der Waals surface area contributed by atoms with E-state index in [1.54, 1.807) is 30.8 Å². The zero-order valence-corrected chi connectivity index (χ0v) is 16.5. The molecule has 1 aromatic rings. The normalized spacial score (nSPS) is 26.3. The molecule has 1 aliphatic heterocycles. The Bertz CT molecular complexity index is 746. The van der Waals surface area contributed by atoms with Crippen LogP contribution in [0.2, 0.25) is 0 Å². The molecule has 0 bridgehead atoms. The molecule has 1 saturated heterocycles. The summed E-state index contributed by atoms with van der Waals surface area (Å²) in [6.45, 7) is 2.27. The number of carbonyl (C=O) groups is 2. The van der Waals surface area contributed by atoms with Gasteiger partial charge in [-0.2, -0.15) is 11.8 Å². The number of amides is 2. The summed E-state index contributed by atoms with van der Waals surface area (Å²) in [5.74, 6) is 1.83. The lowest BCUT2D eigenvalue weighted by molar-refractivity contribution is -0.124. The van der Waals surface area contributed by atoms with Gasteiger partial charge in [-0.25, -0.2) is 4.39 Å². The minimum absolute atomic E-state index is 0.0532. The standard InChI is InChI=1S/C21H27FN2O2S/c1-13-16(4-2-5-17(13)22)20(26)24-18-14(6-9-21(18)7-3-8-21)10-23-19(25)15-11-27-12-15/h2,4-5,14-15,18H,3,6-12H2,1H3,(H,23,25)(H,24,26). The Labute approximate surface area is 164 Å². The summed E-state index contributed by atoms with van der Waals surface area (Å²) in [6, 6.07) is 4.70. The van der Waals surface area contributed by atoms with Crippen LogP contribution in [-0.4, -0.2) is 35.9 Å². The van der Waals surface area contributed by atoms with E-state index in [4.69, 9.17) is 0 Å². The molecule has 4 nitrogen and oxygen atoms in total. The minimum Gasteiger partial charge on any atom is -0.355 e. The average Bonchev–Trinajstić information content (AvgIpc) is 2.92. The van der Waals surface area contributed by atoms with Gasteiger partial charge in [-0.15, -0.1) is 0 Å². The van der Waals surface area contributed by atoms with Gasteiger partial charge < -0.3 is 10.6 Å². The van der Waals surface area contributed by atoms with Crippen LogP contribution in [0.4, 0.5) is 4.39 Å². The molecule has 4 rings (SSSR count). The van der Waals surface area contributed by atoms with Gasteiger partial charge >= 0.3 is 0 Å². The number of benzene rings is 1. The van der Waals surface area contributed by atoms with E-state index in [0.29, 0.717) is 17.7 Å². The van der Waals surface area contributed by atoms with Gasteiger partial charge in [0, 0.05) is 29.7 Å². The van der Waals surface area contributed by atoms with Crippen LogP contribution in [0.15, 0.2) is 18.2 Å². The summed E-state index contributed by atoms with van der Waals surface area (Å²) in [5.41, 5.74) is 0.965. The van der Waals surface area contributed by atoms with Gasteiger partial charge in [0.15, 0.2) is 0 Å². The highest BCUT2D eigenvalue weighted by molar-refractivity contribution is 8.00. The quantitative estimate of drug-likeness (QED) is 0.811. The van der Waals surface area contributed by atoms with Crippen molar-refractivity contribution in [3.05, 3.63) is 35.1 Å². The maximum absolute atomic E-state index is 13.9. The van der Waals surface area contributed by atoms with Gasteiger partial charge in [0.25, 0.3) is 5.91 Å². The lowest BCUT2D eigenvalue weighted by Gasteiger charge is -2.45. The smallest absolute Gasteiger partial charge is 0.251 e. The molecule has 1 aromatic carbocycles. The molecule has 0 radical (unpaired) electrons. The van der Waals surface area contributed by atoms with Crippen LogP contribution in [0.5, 0.6) is 0 Å². The lowest BCUT2D eigenvalue weighted by atomic mass is 9.64. The van der Waals surface area contributed by atoms with Gasteiger partial charge in [0.05, 0.1) is 5.92 Å². The van der Waals surface area contributed by atoms with E-state index in [1.807, 2.05) is 0 Å². The molecule has 2 saturated carbocycles. The third-order valence-corrected chi connectivity index (χ3v) is 8.12. The van der Waals surface area contributed by atoms with Crippen molar-refractivity contribution in [2.75, 3.05) is 18.1 Å². The molecule has 27 heavy (non-hydrogen) atoms. The zero-order valence-electron chi connectivity index (χ0n) is 15.7. The monoisotopic (exact) mass is 390 g/mol. The topological polar surface area (TPSA) is 58.2 Å². The van der Waals surface area contributed by atoms with Gasteiger partial charge in [0.2, 0.25) is 5.91 Å². The Hall–Kier alpha value is -1.56. The van der Waals surface area contributed by atoms with Crippen molar-refractivity contribution in [3.63, 3.8) is 0 Å². The number of thioether (sulfide) groups is 1. The highest BCUT2D eigenvalue weighted by Gasteiger charge is 2.52. The van der Waals surface area contributed by atoms with E-state index < -0.39 is 0 Å². The zero-order chi connectivity index (χ0) is 19.0. The van der Waals surface area contributed by atoms with Gasteiger partial charge in [0.1, 0.15) is 5.82 Å². The van der Waals surface area contributed by atoms with Crippen molar-refractivity contribution in [1.82, 2.24) is 10.6 Å². The third kappa shape index (κ3) is 3.48. The van der Waals surface area contributed by atoms with Crippen LogP contribution in [0.25, 0.3) is 0 Å². The van der Waals surface area contributed by atoms with E-state index in [9.17, 15) is 14.0 Å². The Morgan fingerprint density at radius 2 is 2.04 bits per heavy atom. The summed E-state index contributed by atoms with van der Waals surface area (Å²) in [7, 11) is 0. The van der Waals surface area contributed by atoms with Crippen molar-refractivity contribution in [1.29, 1.82) is 0 Å². The van der Waals surface area contributed by atoms with E-state index >= 15 is 0 Å². The predicted molar refractivity (Wildman–Crippen MR) is 105 cm³/mol. The molecule has 146 valence electrons. The molecular formula is C21H27FN2O2S. The first-order valence-electron chi connectivity index (χ1n) is 9.92. The second kappa shape index (κ2) is 7.46. The fraction of sp³-hybridized carbons (Fsp3) is 0.619. The molecule has 0 aromatic heterocycles. The van der Waals surface area contributed by atoms with E-state index in [1.165, 1.54) is 12.5 Å². The first-order valence-corrected chi connectivity index (χ1v) is 11.1. The third-order valence-electron chi connectivity index (χ3n) is 6.84. The molecule has 1 spiro atoms. The van der Waals surface area contributed by atoms with Crippen LogP contribution in [0.1, 0.15) is 48.0 Å². The number of halogens is 1. The van der Waals surface area contributed by atoms with E-state index in [-0.39, 0.29) is 40.9 Å². The minimum atomic E-state index is -0.352. The van der Waals surface area contributed by atoms with Crippen LogP contribution < -0.4 is 10.6 Å². The van der Waals surface area contributed by atoms with Crippen LogP contribution in [-0.2, 0) is 4.79 Å². The van der Waals surface area contributed by atoms with Crippen molar-refractivity contribution in [3.8, 4) is 0 Å². The van der Waals surface area contributed by atoms with Crippen LogP contribution >= 0.6 is 11.8 Å². The van der Waals surface area contributed by atoms with Crippen molar-refractivity contribution < 1.29 is 14.0 Å². The molecule has 6 heteroatoms. The fourth-order valence-electron chi connectivity index (χ4n) is 4.81. The second-order valence-corrected chi connectivity index (χ2v) is 9.43. The Morgan fingerprint density at radius 1 is 1.26 bits per heavy atom. The first kappa shape index (κ1) is 18.8. The number of rotatable bonds is 5. The SMILES string of the molecule is Cc1c(F)cccc1C(=O)NC1C(CNC(=O)C2CSC2)CCC12CCC2. The highest BCUT2D eigenvalue weighted by Crippen LogP contribution is 2.55. The van der Waals surface area contributed by atoms with Gasteiger partial charge in [-0.3, -0.25) is 9.59 Å². The maximum atomic E-state index is 13.9. The number of hydrogen-bond donors (Lipinski definition) is 2. The molecule has 2 amide bonds. The number of hydrogen-bond acceptors (Lipinski definition) is 3. The molecular weight excluding hydrogens is 363 g/mol. The van der Waals surface area contributed by atoms with Crippen molar-refractivity contribution >= 4 is 23.6 Å². The predicted octanol–water partition coefficient (Wildman–Crippen LogP) is 3.29. The molecule has 1 heterocycles.